The maximum Gasteiger partial charge on any atom is 0.238 e. The molecule has 1 saturated carbocycles. The highest BCUT2D eigenvalue weighted by atomic mass is 79.9. The van der Waals surface area contributed by atoms with E-state index in [9.17, 15) is 25.0 Å². The first-order chi connectivity index (χ1) is 13.8. The Morgan fingerprint density at radius 1 is 1.14 bits per heavy atom. The molecule has 0 saturated heterocycles. The lowest BCUT2D eigenvalue weighted by molar-refractivity contribution is -0.553. The second-order valence-electron chi connectivity index (χ2n) is 7.64. The van der Waals surface area contributed by atoms with Crippen molar-refractivity contribution in [1.29, 1.82) is 0 Å². The van der Waals surface area contributed by atoms with Gasteiger partial charge in [0.1, 0.15) is 0 Å². The number of hydrogen-bond acceptors (Lipinski definition) is 5. The SMILES string of the molecule is CN1C(=O)[C@]2(C[C@H](C[N+](=O)[O-])[C@H]([N+](=O)[O-])[C@H]2c2ccc(Br)cc2)c2ccccc21. The fraction of sp³-hybridized carbons (Fsp3) is 0.350. The van der Waals surface area contributed by atoms with Gasteiger partial charge in [0.15, 0.2) is 0 Å². The van der Waals surface area contributed by atoms with Crippen molar-refractivity contribution >= 4 is 27.5 Å². The van der Waals surface area contributed by atoms with Crippen molar-refractivity contribution in [3.05, 3.63) is 84.4 Å². The monoisotopic (exact) mass is 459 g/mol. The molecule has 2 aromatic rings. The normalized spacial score (nSPS) is 28.0. The average Bonchev–Trinajstić information content (AvgIpc) is 3.12. The van der Waals surface area contributed by atoms with Gasteiger partial charge in [-0.2, -0.15) is 0 Å². The molecule has 1 fully saturated rings. The van der Waals surface area contributed by atoms with Crippen LogP contribution in [0.3, 0.4) is 0 Å². The molecule has 2 aromatic carbocycles. The van der Waals surface area contributed by atoms with Crippen LogP contribution in [0.1, 0.15) is 23.5 Å². The molecule has 0 bridgehead atoms. The summed E-state index contributed by atoms with van der Waals surface area (Å²) < 4.78 is 0.808. The molecule has 0 unspecified atom stereocenters. The first kappa shape index (κ1) is 19.5. The van der Waals surface area contributed by atoms with E-state index in [0.29, 0.717) is 16.8 Å². The Morgan fingerprint density at radius 2 is 1.79 bits per heavy atom. The van der Waals surface area contributed by atoms with E-state index in [1.807, 2.05) is 18.2 Å². The van der Waals surface area contributed by atoms with Gasteiger partial charge < -0.3 is 4.90 Å². The molecule has 0 aromatic heterocycles. The maximum absolute atomic E-state index is 13.6. The minimum Gasteiger partial charge on any atom is -0.314 e. The van der Waals surface area contributed by atoms with E-state index in [1.165, 1.54) is 4.90 Å². The van der Waals surface area contributed by atoms with E-state index >= 15 is 0 Å². The predicted molar refractivity (Wildman–Crippen MR) is 109 cm³/mol. The standard InChI is InChI=1S/C20H18BrN3O5/c1-22-16-5-3-2-4-15(16)20(19(22)25)10-13(11-23(26)27)18(24(28)29)17(20)12-6-8-14(21)9-7-12/h2-9,13,17-18H,10-11H2,1H3/t13-,17-,18+,20-/m1/s1. The molecule has 0 N–H and O–H groups in total. The van der Waals surface area contributed by atoms with Gasteiger partial charge in [-0.15, -0.1) is 0 Å². The molecule has 9 heteroatoms. The third-order valence-electron chi connectivity index (χ3n) is 6.23. The molecule has 1 aliphatic heterocycles. The van der Waals surface area contributed by atoms with Gasteiger partial charge in [0.2, 0.25) is 18.5 Å². The lowest BCUT2D eigenvalue weighted by Gasteiger charge is -2.30. The summed E-state index contributed by atoms with van der Waals surface area (Å²) in [6.07, 6.45) is 0.0700. The van der Waals surface area contributed by atoms with Crippen LogP contribution in [0.2, 0.25) is 0 Å². The Hall–Kier alpha value is -2.81. The molecule has 0 radical (unpaired) electrons. The Morgan fingerprint density at radius 3 is 2.41 bits per heavy atom. The van der Waals surface area contributed by atoms with Crippen LogP contribution in [0.5, 0.6) is 0 Å². The molecular weight excluding hydrogens is 442 g/mol. The summed E-state index contributed by atoms with van der Waals surface area (Å²) in [5.41, 5.74) is 0.846. The van der Waals surface area contributed by atoms with Gasteiger partial charge in [0.05, 0.1) is 17.3 Å². The number of halogens is 1. The second kappa shape index (κ2) is 6.91. The Bertz CT molecular complexity index is 1010. The summed E-state index contributed by atoms with van der Waals surface area (Å²) in [7, 11) is 1.65. The van der Waals surface area contributed by atoms with E-state index in [0.717, 1.165) is 4.47 Å². The molecule has 1 heterocycles. The summed E-state index contributed by atoms with van der Waals surface area (Å²) in [6, 6.07) is 13.1. The van der Waals surface area contributed by atoms with Crippen molar-refractivity contribution in [2.45, 2.75) is 23.8 Å². The minimum atomic E-state index is -1.23. The van der Waals surface area contributed by atoms with E-state index in [1.54, 1.807) is 37.4 Å². The van der Waals surface area contributed by atoms with Crippen LogP contribution in [-0.2, 0) is 10.2 Å². The van der Waals surface area contributed by atoms with Crippen LogP contribution >= 0.6 is 15.9 Å². The first-order valence-electron chi connectivity index (χ1n) is 9.16. The third-order valence-corrected chi connectivity index (χ3v) is 6.76. The van der Waals surface area contributed by atoms with Gasteiger partial charge in [0, 0.05) is 27.1 Å². The smallest absolute Gasteiger partial charge is 0.238 e. The van der Waals surface area contributed by atoms with E-state index < -0.39 is 39.7 Å². The summed E-state index contributed by atoms with van der Waals surface area (Å²) in [4.78, 5) is 37.5. The highest BCUT2D eigenvalue weighted by Gasteiger charge is 2.68. The van der Waals surface area contributed by atoms with Crippen LogP contribution in [0.25, 0.3) is 0 Å². The van der Waals surface area contributed by atoms with Crippen LogP contribution in [0, 0.1) is 26.1 Å². The molecule has 2 aliphatic rings. The van der Waals surface area contributed by atoms with Crippen molar-refractivity contribution < 1.29 is 14.6 Å². The lowest BCUT2D eigenvalue weighted by Crippen LogP contribution is -2.43. The summed E-state index contributed by atoms with van der Waals surface area (Å²) >= 11 is 3.37. The van der Waals surface area contributed by atoms with Gasteiger partial charge in [-0.05, 0) is 35.7 Å². The molecule has 4 rings (SSSR count). The fourth-order valence-corrected chi connectivity index (χ4v) is 5.46. The number of nitrogens with zero attached hydrogens (tertiary/aromatic N) is 3. The van der Waals surface area contributed by atoms with Gasteiger partial charge in [-0.1, -0.05) is 46.3 Å². The van der Waals surface area contributed by atoms with Gasteiger partial charge in [0.25, 0.3) is 0 Å². The zero-order chi connectivity index (χ0) is 20.9. The number of hydrogen-bond donors (Lipinski definition) is 0. The van der Waals surface area contributed by atoms with Crippen molar-refractivity contribution in [3.63, 3.8) is 0 Å². The van der Waals surface area contributed by atoms with E-state index in [-0.39, 0.29) is 12.3 Å². The predicted octanol–water partition coefficient (Wildman–Crippen LogP) is 3.39. The van der Waals surface area contributed by atoms with Gasteiger partial charge >= 0.3 is 0 Å². The number of fused-ring (bicyclic) bond motifs is 2. The number of likely N-dealkylation sites (N-methyl/N-ethyl adjacent to an activating group) is 1. The first-order valence-corrected chi connectivity index (χ1v) is 9.95. The summed E-state index contributed by atoms with van der Waals surface area (Å²) in [5.74, 6) is -1.89. The van der Waals surface area contributed by atoms with Crippen LogP contribution in [-0.4, -0.2) is 35.4 Å². The molecular formula is C20H18BrN3O5. The van der Waals surface area contributed by atoms with Crippen molar-refractivity contribution in [2.75, 3.05) is 18.5 Å². The molecule has 29 heavy (non-hydrogen) atoms. The summed E-state index contributed by atoms with van der Waals surface area (Å²) in [6.45, 7) is -0.542. The molecule has 1 amide bonds. The molecule has 150 valence electrons. The van der Waals surface area contributed by atoms with Gasteiger partial charge in [-0.3, -0.25) is 25.0 Å². The van der Waals surface area contributed by atoms with Crippen molar-refractivity contribution in [2.24, 2.45) is 5.92 Å². The zero-order valence-corrected chi connectivity index (χ0v) is 17.1. The molecule has 1 spiro atoms. The van der Waals surface area contributed by atoms with Crippen LogP contribution in [0.15, 0.2) is 53.0 Å². The average molecular weight is 460 g/mol. The van der Waals surface area contributed by atoms with Crippen molar-refractivity contribution in [3.8, 4) is 0 Å². The Labute approximate surface area is 174 Å². The molecule has 1 aliphatic carbocycles. The van der Waals surface area contributed by atoms with E-state index in [2.05, 4.69) is 15.9 Å². The number of carbonyl (C=O) groups excluding carboxylic acids is 1. The fourth-order valence-electron chi connectivity index (χ4n) is 5.20. The largest absolute Gasteiger partial charge is 0.314 e. The number of anilines is 1. The summed E-state index contributed by atoms with van der Waals surface area (Å²) in [5, 5.41) is 23.4. The topological polar surface area (TPSA) is 107 Å². The number of para-hydroxylation sites is 1. The Kier molecular flexibility index (Phi) is 4.65. The van der Waals surface area contributed by atoms with E-state index in [4.69, 9.17) is 0 Å². The number of amides is 1. The molecule has 4 atom stereocenters. The van der Waals surface area contributed by atoms with Gasteiger partial charge in [-0.25, -0.2) is 0 Å². The number of carbonyl (C=O) groups is 1. The lowest BCUT2D eigenvalue weighted by atomic mass is 9.69. The molecule has 8 nitrogen and oxygen atoms in total. The minimum absolute atomic E-state index is 0.0700. The number of rotatable bonds is 4. The van der Waals surface area contributed by atoms with Crippen LogP contribution in [0.4, 0.5) is 5.69 Å². The third kappa shape index (κ3) is 2.83. The van der Waals surface area contributed by atoms with Crippen molar-refractivity contribution in [1.82, 2.24) is 0 Å². The number of nitro groups is 2. The van der Waals surface area contributed by atoms with Crippen LogP contribution < -0.4 is 4.90 Å². The second-order valence-corrected chi connectivity index (χ2v) is 8.55. The highest BCUT2D eigenvalue weighted by Crippen LogP contribution is 2.60. The zero-order valence-electron chi connectivity index (χ0n) is 15.5. The highest BCUT2D eigenvalue weighted by molar-refractivity contribution is 9.10. The quantitative estimate of drug-likeness (QED) is 0.514. The maximum atomic E-state index is 13.6. The number of benzene rings is 2. The Balaban J connectivity index is 1.98.